The molecule has 5 nitrogen and oxygen atoms in total. The topological polar surface area (TPSA) is 63.7 Å². The fraction of sp³-hybridized carbons (Fsp3) is 0.615. The van der Waals surface area contributed by atoms with Crippen LogP contribution in [0.5, 0.6) is 0 Å². The monoisotopic (exact) mass is 251 g/mol. The average Bonchev–Trinajstić information content (AvgIpc) is 2.70. The van der Waals surface area contributed by atoms with E-state index in [1.54, 1.807) is 0 Å². The second kappa shape index (κ2) is 5.33. The maximum Gasteiger partial charge on any atom is 0.308 e. The van der Waals surface area contributed by atoms with E-state index in [1.807, 2.05) is 0 Å². The highest BCUT2D eigenvalue weighted by atomic mass is 16.5. The van der Waals surface area contributed by atoms with Crippen LogP contribution in [0, 0.1) is 11.8 Å². The van der Waals surface area contributed by atoms with Crippen molar-refractivity contribution in [3.8, 4) is 0 Å². The lowest BCUT2D eigenvalue weighted by molar-refractivity contribution is -0.147. The SMILES string of the molecule is COC(=O)C1CCC(CN2C(=O)C=CC2=O)CC1. The summed E-state index contributed by atoms with van der Waals surface area (Å²) in [7, 11) is 1.40. The molecule has 0 radical (unpaired) electrons. The Kier molecular flexibility index (Phi) is 3.79. The van der Waals surface area contributed by atoms with Crippen LogP contribution in [0.15, 0.2) is 12.2 Å². The Hall–Kier alpha value is -1.65. The van der Waals surface area contributed by atoms with Crippen LogP contribution in [-0.2, 0) is 19.1 Å². The van der Waals surface area contributed by atoms with Crippen LogP contribution in [-0.4, -0.2) is 36.3 Å². The lowest BCUT2D eigenvalue weighted by Gasteiger charge is -2.29. The predicted octanol–water partition coefficient (Wildman–Crippen LogP) is 0.891. The second-order valence-electron chi connectivity index (χ2n) is 4.86. The fourth-order valence-electron chi connectivity index (χ4n) is 2.62. The van der Waals surface area contributed by atoms with E-state index in [0.29, 0.717) is 12.5 Å². The zero-order valence-electron chi connectivity index (χ0n) is 10.4. The number of nitrogens with zero attached hydrogens (tertiary/aromatic N) is 1. The largest absolute Gasteiger partial charge is 0.469 e. The van der Waals surface area contributed by atoms with Crippen molar-refractivity contribution in [1.82, 2.24) is 4.90 Å². The number of carbonyl (C=O) groups is 3. The van der Waals surface area contributed by atoms with Gasteiger partial charge in [0.05, 0.1) is 13.0 Å². The summed E-state index contributed by atoms with van der Waals surface area (Å²) in [5.41, 5.74) is 0. The first kappa shape index (κ1) is 12.8. The summed E-state index contributed by atoms with van der Waals surface area (Å²) in [6.07, 6.45) is 5.89. The number of esters is 1. The molecule has 18 heavy (non-hydrogen) atoms. The zero-order valence-corrected chi connectivity index (χ0v) is 10.4. The van der Waals surface area contributed by atoms with E-state index in [-0.39, 0.29) is 23.7 Å². The Bertz CT molecular complexity index is 376. The molecular weight excluding hydrogens is 234 g/mol. The molecule has 2 aliphatic rings. The summed E-state index contributed by atoms with van der Waals surface area (Å²) in [4.78, 5) is 35.5. The third-order valence-electron chi connectivity index (χ3n) is 3.72. The number of ether oxygens (including phenoxy) is 1. The number of hydrogen-bond acceptors (Lipinski definition) is 4. The summed E-state index contributed by atoms with van der Waals surface area (Å²) < 4.78 is 4.72. The Balaban J connectivity index is 1.82. The third-order valence-corrected chi connectivity index (χ3v) is 3.72. The Morgan fingerprint density at radius 3 is 2.28 bits per heavy atom. The van der Waals surface area contributed by atoms with Gasteiger partial charge in [0.1, 0.15) is 0 Å². The van der Waals surface area contributed by atoms with Gasteiger partial charge in [0.2, 0.25) is 0 Å². The molecule has 2 amide bonds. The third kappa shape index (κ3) is 2.60. The summed E-state index contributed by atoms with van der Waals surface area (Å²) in [5, 5.41) is 0. The molecule has 0 aromatic rings. The van der Waals surface area contributed by atoms with Crippen molar-refractivity contribution in [2.24, 2.45) is 11.8 Å². The lowest BCUT2D eigenvalue weighted by atomic mass is 9.82. The maximum atomic E-state index is 11.4. The first-order chi connectivity index (χ1) is 8.61. The number of amides is 2. The van der Waals surface area contributed by atoms with Gasteiger partial charge in [-0.1, -0.05) is 0 Å². The number of methoxy groups -OCH3 is 1. The molecule has 0 bridgehead atoms. The number of rotatable bonds is 3. The standard InChI is InChI=1S/C13H17NO4/c1-18-13(17)10-4-2-9(3-5-10)8-14-11(15)6-7-12(14)16/h6-7,9-10H,2-5,8H2,1H3. The van der Waals surface area contributed by atoms with Crippen molar-refractivity contribution in [3.63, 3.8) is 0 Å². The maximum absolute atomic E-state index is 11.4. The van der Waals surface area contributed by atoms with E-state index >= 15 is 0 Å². The second-order valence-corrected chi connectivity index (χ2v) is 4.86. The molecule has 0 unspecified atom stereocenters. The van der Waals surface area contributed by atoms with Gasteiger partial charge < -0.3 is 4.74 Å². The molecule has 0 saturated heterocycles. The van der Waals surface area contributed by atoms with Crippen LogP contribution < -0.4 is 0 Å². The summed E-state index contributed by atoms with van der Waals surface area (Å²) in [5.74, 6) is -0.318. The van der Waals surface area contributed by atoms with Crippen molar-refractivity contribution in [2.75, 3.05) is 13.7 Å². The van der Waals surface area contributed by atoms with E-state index in [4.69, 9.17) is 4.74 Å². The molecule has 98 valence electrons. The van der Waals surface area contributed by atoms with Crippen molar-refractivity contribution < 1.29 is 19.1 Å². The van der Waals surface area contributed by atoms with Gasteiger partial charge in [0.15, 0.2) is 0 Å². The quantitative estimate of drug-likeness (QED) is 0.552. The molecule has 0 N–H and O–H groups in total. The lowest BCUT2D eigenvalue weighted by Crippen LogP contribution is -2.36. The van der Waals surface area contributed by atoms with Gasteiger partial charge in [0, 0.05) is 18.7 Å². The number of imide groups is 1. The van der Waals surface area contributed by atoms with Crippen LogP contribution in [0.2, 0.25) is 0 Å². The highest BCUT2D eigenvalue weighted by molar-refractivity contribution is 6.12. The summed E-state index contributed by atoms with van der Waals surface area (Å²) >= 11 is 0. The summed E-state index contributed by atoms with van der Waals surface area (Å²) in [6, 6.07) is 0. The highest BCUT2D eigenvalue weighted by Gasteiger charge is 2.31. The minimum atomic E-state index is -0.227. The fourth-order valence-corrected chi connectivity index (χ4v) is 2.62. The highest BCUT2D eigenvalue weighted by Crippen LogP contribution is 2.30. The molecule has 5 heteroatoms. The summed E-state index contributed by atoms with van der Waals surface area (Å²) in [6.45, 7) is 0.471. The van der Waals surface area contributed by atoms with Crippen LogP contribution in [0.25, 0.3) is 0 Å². The first-order valence-corrected chi connectivity index (χ1v) is 6.23. The van der Waals surface area contributed by atoms with Gasteiger partial charge in [0.25, 0.3) is 11.8 Å². The van der Waals surface area contributed by atoms with Gasteiger partial charge >= 0.3 is 5.97 Å². The van der Waals surface area contributed by atoms with Gasteiger partial charge in [-0.05, 0) is 31.6 Å². The molecule has 2 rings (SSSR count). The molecule has 0 aromatic carbocycles. The van der Waals surface area contributed by atoms with Crippen molar-refractivity contribution in [3.05, 3.63) is 12.2 Å². The predicted molar refractivity (Wildman–Crippen MR) is 63.3 cm³/mol. The van der Waals surface area contributed by atoms with Crippen molar-refractivity contribution in [1.29, 1.82) is 0 Å². The van der Waals surface area contributed by atoms with E-state index in [0.717, 1.165) is 25.7 Å². The van der Waals surface area contributed by atoms with Crippen LogP contribution in [0.4, 0.5) is 0 Å². The van der Waals surface area contributed by atoms with Crippen LogP contribution >= 0.6 is 0 Å². The number of hydrogen-bond donors (Lipinski definition) is 0. The minimum absolute atomic E-state index is 0.0191. The van der Waals surface area contributed by atoms with E-state index < -0.39 is 0 Å². The van der Waals surface area contributed by atoms with Crippen LogP contribution in [0.1, 0.15) is 25.7 Å². The molecule has 1 aliphatic heterocycles. The molecule has 1 aliphatic carbocycles. The van der Waals surface area contributed by atoms with Gasteiger partial charge in [-0.2, -0.15) is 0 Å². The molecule has 0 aromatic heterocycles. The molecule has 1 heterocycles. The van der Waals surface area contributed by atoms with Crippen molar-refractivity contribution >= 4 is 17.8 Å². The van der Waals surface area contributed by atoms with Gasteiger partial charge in [-0.15, -0.1) is 0 Å². The Morgan fingerprint density at radius 2 is 1.78 bits per heavy atom. The minimum Gasteiger partial charge on any atom is -0.469 e. The van der Waals surface area contributed by atoms with E-state index in [9.17, 15) is 14.4 Å². The Labute approximate surface area is 106 Å². The molecular formula is C13H17NO4. The Morgan fingerprint density at radius 1 is 1.22 bits per heavy atom. The average molecular weight is 251 g/mol. The van der Waals surface area contributed by atoms with Crippen LogP contribution in [0.3, 0.4) is 0 Å². The zero-order chi connectivity index (χ0) is 13.1. The normalized spacial score (nSPS) is 27.7. The molecule has 0 spiro atoms. The van der Waals surface area contributed by atoms with Crippen molar-refractivity contribution in [2.45, 2.75) is 25.7 Å². The molecule has 1 saturated carbocycles. The van der Waals surface area contributed by atoms with E-state index in [1.165, 1.54) is 24.2 Å². The molecule has 1 fully saturated rings. The van der Waals surface area contributed by atoms with E-state index in [2.05, 4.69) is 0 Å². The first-order valence-electron chi connectivity index (χ1n) is 6.23. The van der Waals surface area contributed by atoms with Gasteiger partial charge in [-0.3, -0.25) is 19.3 Å². The number of carbonyl (C=O) groups excluding carboxylic acids is 3. The van der Waals surface area contributed by atoms with Gasteiger partial charge in [-0.25, -0.2) is 0 Å². The molecule has 0 atom stereocenters. The smallest absolute Gasteiger partial charge is 0.308 e.